The van der Waals surface area contributed by atoms with E-state index in [1.807, 2.05) is 66.2 Å². The number of amides is 1. The number of hydrogen-bond acceptors (Lipinski definition) is 6. The summed E-state index contributed by atoms with van der Waals surface area (Å²) in [5.41, 5.74) is 1.69. The lowest BCUT2D eigenvalue weighted by molar-refractivity contribution is -0.112. The molecule has 0 bridgehead atoms. The van der Waals surface area contributed by atoms with E-state index in [0.29, 0.717) is 10.3 Å². The van der Waals surface area contributed by atoms with Crippen LogP contribution in [0.1, 0.15) is 12.6 Å². The second-order valence-corrected chi connectivity index (χ2v) is 7.06. The molecule has 130 valence electrons. The van der Waals surface area contributed by atoms with Crippen molar-refractivity contribution in [1.29, 1.82) is 5.26 Å². The van der Waals surface area contributed by atoms with Crippen molar-refractivity contribution in [2.45, 2.75) is 12.1 Å². The summed E-state index contributed by atoms with van der Waals surface area (Å²) >= 11 is 2.59. The molecule has 0 saturated carbocycles. The zero-order valence-corrected chi connectivity index (χ0v) is 15.5. The molecule has 2 heterocycles. The molecule has 2 aromatic heterocycles. The molecular weight excluding hydrogens is 366 g/mol. The Labute approximate surface area is 159 Å². The summed E-state index contributed by atoms with van der Waals surface area (Å²) in [5, 5.41) is 13.0. The van der Waals surface area contributed by atoms with E-state index < -0.39 is 5.91 Å². The minimum Gasteiger partial charge on any atom is -0.317 e. The number of nitrogens with zero attached hydrogens (tertiary/aromatic N) is 4. The van der Waals surface area contributed by atoms with Crippen molar-refractivity contribution in [3.63, 3.8) is 0 Å². The van der Waals surface area contributed by atoms with Gasteiger partial charge in [0.2, 0.25) is 10.3 Å². The molecule has 0 unspecified atom stereocenters. The minimum absolute atomic E-state index is 0.000718. The molecule has 0 atom stereocenters. The summed E-state index contributed by atoms with van der Waals surface area (Å²) < 4.78 is 6.05. The maximum atomic E-state index is 12.4. The molecule has 1 aromatic carbocycles. The highest BCUT2D eigenvalue weighted by atomic mass is 32.2. The summed E-state index contributed by atoms with van der Waals surface area (Å²) in [6, 6.07) is 15.4. The van der Waals surface area contributed by atoms with Crippen molar-refractivity contribution in [3.8, 4) is 11.8 Å². The zero-order chi connectivity index (χ0) is 18.4. The van der Waals surface area contributed by atoms with Gasteiger partial charge >= 0.3 is 0 Å². The van der Waals surface area contributed by atoms with Gasteiger partial charge in [0.05, 0.1) is 0 Å². The number of aromatic nitrogens is 3. The first-order valence-electron chi connectivity index (χ1n) is 7.83. The molecule has 8 heteroatoms. The van der Waals surface area contributed by atoms with Gasteiger partial charge in [-0.3, -0.25) is 10.1 Å². The number of nitrogens with one attached hydrogen (secondary N) is 1. The maximum Gasteiger partial charge on any atom is 0.268 e. The van der Waals surface area contributed by atoms with E-state index in [4.69, 9.17) is 0 Å². The van der Waals surface area contributed by atoms with Gasteiger partial charge in [-0.15, -0.1) is 0 Å². The Bertz CT molecular complexity index is 969. The third kappa shape index (κ3) is 4.20. The third-order valence-electron chi connectivity index (χ3n) is 3.37. The molecule has 26 heavy (non-hydrogen) atoms. The van der Waals surface area contributed by atoms with E-state index >= 15 is 0 Å². The molecule has 0 fully saturated rings. The zero-order valence-electron chi connectivity index (χ0n) is 13.9. The van der Waals surface area contributed by atoms with Gasteiger partial charge in [0.25, 0.3) is 5.91 Å². The second-order valence-electron chi connectivity index (χ2n) is 5.08. The molecule has 1 amide bonds. The Hall–Kier alpha value is -2.89. The summed E-state index contributed by atoms with van der Waals surface area (Å²) in [6.07, 6.45) is 3.44. The van der Waals surface area contributed by atoms with E-state index in [-0.39, 0.29) is 5.57 Å². The van der Waals surface area contributed by atoms with Gasteiger partial charge in [-0.2, -0.15) is 14.6 Å². The number of thioether (sulfide) groups is 1. The van der Waals surface area contributed by atoms with Gasteiger partial charge in [-0.05, 0) is 36.1 Å². The van der Waals surface area contributed by atoms with Crippen LogP contribution < -0.4 is 5.32 Å². The number of benzene rings is 1. The maximum absolute atomic E-state index is 12.4. The van der Waals surface area contributed by atoms with Gasteiger partial charge < -0.3 is 4.57 Å². The average molecular weight is 381 g/mol. The van der Waals surface area contributed by atoms with Gasteiger partial charge in [0.1, 0.15) is 11.6 Å². The van der Waals surface area contributed by atoms with Crippen molar-refractivity contribution in [2.24, 2.45) is 0 Å². The SMILES string of the molecule is CCSc1nsc(NC(=O)/C(C#N)=C\c2cccn2-c2ccccc2)n1. The van der Waals surface area contributed by atoms with Crippen molar-refractivity contribution in [2.75, 3.05) is 11.1 Å². The van der Waals surface area contributed by atoms with Crippen LogP contribution in [0.25, 0.3) is 11.8 Å². The van der Waals surface area contributed by atoms with Crippen LogP contribution in [-0.2, 0) is 4.79 Å². The molecule has 0 aliphatic rings. The van der Waals surface area contributed by atoms with Crippen LogP contribution in [0.2, 0.25) is 0 Å². The van der Waals surface area contributed by atoms with Crippen LogP contribution in [0.3, 0.4) is 0 Å². The van der Waals surface area contributed by atoms with E-state index in [1.165, 1.54) is 11.8 Å². The summed E-state index contributed by atoms with van der Waals surface area (Å²) in [5.74, 6) is 0.349. The molecule has 3 aromatic rings. The van der Waals surface area contributed by atoms with E-state index in [9.17, 15) is 10.1 Å². The first kappa shape index (κ1) is 17.9. The monoisotopic (exact) mass is 381 g/mol. The van der Waals surface area contributed by atoms with Crippen molar-refractivity contribution >= 4 is 40.4 Å². The van der Waals surface area contributed by atoms with Crippen LogP contribution >= 0.6 is 23.3 Å². The first-order chi connectivity index (χ1) is 12.7. The molecule has 3 rings (SSSR count). The van der Waals surface area contributed by atoms with Crippen LogP contribution in [0, 0.1) is 11.3 Å². The fourth-order valence-electron chi connectivity index (χ4n) is 2.24. The van der Waals surface area contributed by atoms with Crippen molar-refractivity contribution < 1.29 is 4.79 Å². The van der Waals surface area contributed by atoms with E-state index in [2.05, 4.69) is 14.7 Å². The number of hydrogen-bond donors (Lipinski definition) is 1. The Balaban J connectivity index is 1.81. The van der Waals surface area contributed by atoms with Crippen LogP contribution in [-0.4, -0.2) is 25.6 Å². The number of rotatable bonds is 6. The number of nitriles is 1. The predicted molar refractivity (Wildman–Crippen MR) is 104 cm³/mol. The molecule has 0 radical (unpaired) electrons. The highest BCUT2D eigenvalue weighted by molar-refractivity contribution is 7.99. The standard InChI is InChI=1S/C18H15N5OS2/c1-2-25-18-21-17(26-22-18)20-16(24)13(12-19)11-15-9-6-10-23(15)14-7-4-3-5-8-14/h3-11H,2H2,1H3,(H,20,21,22,24)/b13-11-. The molecule has 0 spiro atoms. The number of para-hydroxylation sites is 1. The molecular formula is C18H15N5OS2. The molecule has 6 nitrogen and oxygen atoms in total. The van der Waals surface area contributed by atoms with Crippen molar-refractivity contribution in [1.82, 2.24) is 13.9 Å². The Kier molecular flexibility index (Phi) is 5.84. The lowest BCUT2D eigenvalue weighted by atomic mass is 10.2. The number of carbonyl (C=O) groups excluding carboxylic acids is 1. The van der Waals surface area contributed by atoms with E-state index in [1.54, 1.807) is 6.08 Å². The summed E-state index contributed by atoms with van der Waals surface area (Å²) in [6.45, 7) is 2.00. The molecule has 0 aliphatic heterocycles. The summed E-state index contributed by atoms with van der Waals surface area (Å²) in [7, 11) is 0. The lowest BCUT2D eigenvalue weighted by Gasteiger charge is -2.06. The smallest absolute Gasteiger partial charge is 0.268 e. The molecule has 0 aliphatic carbocycles. The topological polar surface area (TPSA) is 83.6 Å². The Morgan fingerprint density at radius 3 is 2.88 bits per heavy atom. The average Bonchev–Trinajstić information content (AvgIpc) is 3.30. The molecule has 1 N–H and O–H groups in total. The Morgan fingerprint density at radius 1 is 1.35 bits per heavy atom. The number of anilines is 1. The quantitative estimate of drug-likeness (QED) is 0.397. The first-order valence-corrected chi connectivity index (χ1v) is 9.59. The Morgan fingerprint density at radius 2 is 2.15 bits per heavy atom. The fraction of sp³-hybridized carbons (Fsp3) is 0.111. The van der Waals surface area contributed by atoms with Gasteiger partial charge in [0.15, 0.2) is 0 Å². The summed E-state index contributed by atoms with van der Waals surface area (Å²) in [4.78, 5) is 16.6. The largest absolute Gasteiger partial charge is 0.317 e. The van der Waals surface area contributed by atoms with Crippen molar-refractivity contribution in [3.05, 3.63) is 59.9 Å². The van der Waals surface area contributed by atoms with Crippen LogP contribution in [0.5, 0.6) is 0 Å². The van der Waals surface area contributed by atoms with Crippen LogP contribution in [0.4, 0.5) is 5.13 Å². The normalized spacial score (nSPS) is 11.2. The van der Waals surface area contributed by atoms with Gasteiger partial charge in [-0.1, -0.05) is 36.9 Å². The minimum atomic E-state index is -0.502. The van der Waals surface area contributed by atoms with Crippen LogP contribution in [0.15, 0.2) is 59.4 Å². The predicted octanol–water partition coefficient (Wildman–Crippen LogP) is 3.99. The fourth-order valence-corrected chi connectivity index (χ4v) is 3.51. The number of carbonyl (C=O) groups is 1. The third-order valence-corrected chi connectivity index (χ3v) is 4.85. The molecule has 0 saturated heterocycles. The van der Waals surface area contributed by atoms with Gasteiger partial charge in [-0.25, -0.2) is 0 Å². The second kappa shape index (κ2) is 8.47. The van der Waals surface area contributed by atoms with E-state index in [0.717, 1.165) is 28.7 Å². The highest BCUT2D eigenvalue weighted by Gasteiger charge is 2.14. The lowest BCUT2D eigenvalue weighted by Crippen LogP contribution is -2.13. The van der Waals surface area contributed by atoms with Gasteiger partial charge in [0, 0.05) is 29.1 Å². The highest BCUT2D eigenvalue weighted by Crippen LogP contribution is 2.21.